The van der Waals surface area contributed by atoms with E-state index < -0.39 is 12.0 Å². The molecule has 0 amide bonds. The molecule has 0 fully saturated rings. The van der Waals surface area contributed by atoms with Crippen molar-refractivity contribution in [2.45, 2.75) is 39.8 Å². The van der Waals surface area contributed by atoms with Crippen molar-refractivity contribution in [1.82, 2.24) is 15.5 Å². The molecule has 6 heteroatoms. The molecule has 2 N–H and O–H groups in total. The van der Waals surface area contributed by atoms with Crippen molar-refractivity contribution < 1.29 is 14.4 Å². The lowest BCUT2D eigenvalue weighted by atomic mass is 10.0. The van der Waals surface area contributed by atoms with Crippen molar-refractivity contribution in [1.29, 1.82) is 0 Å². The van der Waals surface area contributed by atoms with E-state index in [-0.39, 0.29) is 6.54 Å². The number of aliphatic carboxylic acids is 1. The molecule has 0 aromatic carbocycles. The molecule has 90 valence electrons. The minimum atomic E-state index is -0.857. The van der Waals surface area contributed by atoms with E-state index in [0.717, 1.165) is 0 Å². The third-order valence-corrected chi connectivity index (χ3v) is 2.07. The summed E-state index contributed by atoms with van der Waals surface area (Å²) in [6, 6.07) is -0.577. The first-order valence-corrected chi connectivity index (χ1v) is 5.24. The van der Waals surface area contributed by atoms with Crippen molar-refractivity contribution >= 4 is 5.97 Å². The predicted molar refractivity (Wildman–Crippen MR) is 56.8 cm³/mol. The zero-order valence-corrected chi connectivity index (χ0v) is 9.73. The lowest BCUT2D eigenvalue weighted by molar-refractivity contribution is -0.140. The van der Waals surface area contributed by atoms with Gasteiger partial charge in [0.25, 0.3) is 0 Å². The molecule has 6 nitrogen and oxygen atoms in total. The first-order valence-electron chi connectivity index (χ1n) is 5.24. The van der Waals surface area contributed by atoms with Crippen LogP contribution < -0.4 is 5.32 Å². The Hall–Kier alpha value is -1.43. The van der Waals surface area contributed by atoms with Gasteiger partial charge in [-0.15, -0.1) is 0 Å². The quantitative estimate of drug-likeness (QED) is 0.752. The zero-order valence-electron chi connectivity index (χ0n) is 9.73. The molecule has 0 saturated heterocycles. The summed E-state index contributed by atoms with van der Waals surface area (Å²) in [5.41, 5.74) is 0. The van der Waals surface area contributed by atoms with Gasteiger partial charge in [-0.2, -0.15) is 4.98 Å². The van der Waals surface area contributed by atoms with Crippen LogP contribution in [0, 0.1) is 12.8 Å². The van der Waals surface area contributed by atoms with Crippen LogP contribution in [-0.2, 0) is 11.3 Å². The van der Waals surface area contributed by atoms with E-state index in [2.05, 4.69) is 15.5 Å². The highest BCUT2D eigenvalue weighted by atomic mass is 16.5. The minimum absolute atomic E-state index is 0.282. The van der Waals surface area contributed by atoms with Crippen molar-refractivity contribution in [3.8, 4) is 0 Å². The van der Waals surface area contributed by atoms with Gasteiger partial charge in [-0.25, -0.2) is 0 Å². The van der Waals surface area contributed by atoms with E-state index in [4.69, 9.17) is 9.63 Å². The maximum atomic E-state index is 10.9. The van der Waals surface area contributed by atoms with Gasteiger partial charge in [0.05, 0.1) is 6.54 Å². The van der Waals surface area contributed by atoms with Gasteiger partial charge in [0.1, 0.15) is 6.04 Å². The van der Waals surface area contributed by atoms with Gasteiger partial charge in [-0.05, 0) is 19.3 Å². The number of nitrogens with zero attached hydrogens (tertiary/aromatic N) is 2. The van der Waals surface area contributed by atoms with Gasteiger partial charge in [-0.1, -0.05) is 19.0 Å². The largest absolute Gasteiger partial charge is 0.480 e. The average molecular weight is 227 g/mol. The van der Waals surface area contributed by atoms with Crippen LogP contribution in [0.2, 0.25) is 0 Å². The van der Waals surface area contributed by atoms with Crippen LogP contribution >= 0.6 is 0 Å². The van der Waals surface area contributed by atoms with Crippen LogP contribution in [0.15, 0.2) is 4.52 Å². The van der Waals surface area contributed by atoms with Gasteiger partial charge in [0.2, 0.25) is 5.89 Å². The number of carbonyl (C=O) groups is 1. The Kier molecular flexibility index (Phi) is 4.42. The normalized spacial score (nSPS) is 13.0. The van der Waals surface area contributed by atoms with Crippen LogP contribution in [-0.4, -0.2) is 27.3 Å². The lowest BCUT2D eigenvalue weighted by Crippen LogP contribution is -2.37. The summed E-state index contributed by atoms with van der Waals surface area (Å²) in [5, 5.41) is 15.5. The van der Waals surface area contributed by atoms with E-state index >= 15 is 0 Å². The molecule has 0 saturated carbocycles. The molecule has 0 aliphatic carbocycles. The van der Waals surface area contributed by atoms with Gasteiger partial charge >= 0.3 is 5.97 Å². The molecule has 0 spiro atoms. The molecule has 1 heterocycles. The summed E-state index contributed by atoms with van der Waals surface area (Å²) >= 11 is 0. The summed E-state index contributed by atoms with van der Waals surface area (Å²) in [6.45, 7) is 5.96. The molecule has 0 radical (unpaired) electrons. The number of carboxylic acid groups (broad SMARTS) is 1. The summed E-state index contributed by atoms with van der Waals surface area (Å²) in [4.78, 5) is 14.9. The zero-order chi connectivity index (χ0) is 12.1. The number of carboxylic acids is 1. The SMILES string of the molecule is Cc1noc(CNC(CC(C)C)C(=O)O)n1. The topological polar surface area (TPSA) is 88.2 Å². The number of rotatable bonds is 6. The fourth-order valence-corrected chi connectivity index (χ4v) is 1.37. The fraction of sp³-hybridized carbons (Fsp3) is 0.700. The Labute approximate surface area is 94.0 Å². The summed E-state index contributed by atoms with van der Waals surface area (Å²) in [6.07, 6.45) is 0.572. The third kappa shape index (κ3) is 3.98. The fourth-order valence-electron chi connectivity index (χ4n) is 1.37. The molecule has 1 rings (SSSR count). The Morgan fingerprint density at radius 1 is 1.56 bits per heavy atom. The highest BCUT2D eigenvalue weighted by molar-refractivity contribution is 5.73. The van der Waals surface area contributed by atoms with Gasteiger partial charge in [0, 0.05) is 0 Å². The van der Waals surface area contributed by atoms with E-state index in [1.165, 1.54) is 0 Å². The first-order chi connectivity index (χ1) is 7.49. The second-order valence-corrected chi connectivity index (χ2v) is 4.14. The molecular formula is C10H17N3O3. The molecule has 1 atom stereocenters. The van der Waals surface area contributed by atoms with Crippen LogP contribution in [0.4, 0.5) is 0 Å². The van der Waals surface area contributed by atoms with Crippen molar-refractivity contribution in [2.75, 3.05) is 0 Å². The monoisotopic (exact) mass is 227 g/mol. The van der Waals surface area contributed by atoms with E-state index in [9.17, 15) is 4.79 Å². The Balaban J connectivity index is 2.46. The maximum absolute atomic E-state index is 10.9. The van der Waals surface area contributed by atoms with E-state index in [0.29, 0.717) is 24.1 Å². The van der Waals surface area contributed by atoms with E-state index in [1.54, 1.807) is 6.92 Å². The van der Waals surface area contributed by atoms with Crippen LogP contribution in [0.1, 0.15) is 32.0 Å². The lowest BCUT2D eigenvalue weighted by Gasteiger charge is -2.14. The summed E-state index contributed by atoms with van der Waals surface area (Å²) in [7, 11) is 0. The molecule has 16 heavy (non-hydrogen) atoms. The number of aromatic nitrogens is 2. The Bertz CT molecular complexity index is 349. The molecule has 1 unspecified atom stereocenters. The third-order valence-electron chi connectivity index (χ3n) is 2.07. The van der Waals surface area contributed by atoms with Gasteiger partial charge < -0.3 is 9.63 Å². The number of hydrogen-bond acceptors (Lipinski definition) is 5. The maximum Gasteiger partial charge on any atom is 0.320 e. The van der Waals surface area contributed by atoms with Crippen LogP contribution in [0.3, 0.4) is 0 Å². The molecular weight excluding hydrogens is 210 g/mol. The average Bonchev–Trinajstić information content (AvgIpc) is 2.58. The van der Waals surface area contributed by atoms with Crippen molar-refractivity contribution in [2.24, 2.45) is 5.92 Å². The second-order valence-electron chi connectivity index (χ2n) is 4.14. The summed E-state index contributed by atoms with van der Waals surface area (Å²) < 4.78 is 4.88. The summed E-state index contributed by atoms with van der Waals surface area (Å²) in [5.74, 6) is 0.419. The molecule has 1 aromatic rings. The molecule has 0 aliphatic heterocycles. The highest BCUT2D eigenvalue weighted by Gasteiger charge is 2.18. The van der Waals surface area contributed by atoms with Crippen molar-refractivity contribution in [3.63, 3.8) is 0 Å². The predicted octanol–water partition coefficient (Wildman–Crippen LogP) is 0.967. The van der Waals surface area contributed by atoms with Crippen molar-refractivity contribution in [3.05, 3.63) is 11.7 Å². The van der Waals surface area contributed by atoms with E-state index in [1.807, 2.05) is 13.8 Å². The van der Waals surface area contributed by atoms with Crippen LogP contribution in [0.5, 0.6) is 0 Å². The highest BCUT2D eigenvalue weighted by Crippen LogP contribution is 2.06. The Morgan fingerprint density at radius 2 is 2.25 bits per heavy atom. The smallest absolute Gasteiger partial charge is 0.320 e. The number of aryl methyl sites for hydroxylation is 1. The minimum Gasteiger partial charge on any atom is -0.480 e. The standard InChI is InChI=1S/C10H17N3O3/c1-6(2)4-8(10(14)15)11-5-9-12-7(3)13-16-9/h6,8,11H,4-5H2,1-3H3,(H,14,15). The number of hydrogen-bond donors (Lipinski definition) is 2. The Morgan fingerprint density at radius 3 is 2.69 bits per heavy atom. The molecule has 0 aliphatic rings. The van der Waals surface area contributed by atoms with Gasteiger partial charge in [-0.3, -0.25) is 10.1 Å². The first kappa shape index (κ1) is 12.6. The van der Waals surface area contributed by atoms with Crippen LogP contribution in [0.25, 0.3) is 0 Å². The molecule has 1 aromatic heterocycles. The van der Waals surface area contributed by atoms with Gasteiger partial charge in [0.15, 0.2) is 5.82 Å². The molecule has 0 bridgehead atoms. The second kappa shape index (κ2) is 5.60. The number of nitrogens with one attached hydrogen (secondary N) is 1.